The Kier molecular flexibility index (Phi) is 2.09. The Bertz CT molecular complexity index is 412. The molecule has 0 aromatic carbocycles. The Balaban J connectivity index is 2.78. The molecule has 6 N–H and O–H groups in total. The molecule has 0 radical (unpaired) electrons. The van der Waals surface area contributed by atoms with Crippen LogP contribution in [-0.4, -0.2) is 15.2 Å². The van der Waals surface area contributed by atoms with Gasteiger partial charge in [-0.15, -0.1) is 10.2 Å². The molecule has 0 saturated heterocycles. The lowest BCUT2D eigenvalue weighted by atomic mass is 10.2. The lowest BCUT2D eigenvalue weighted by Crippen LogP contribution is -2.14. The summed E-state index contributed by atoms with van der Waals surface area (Å²) in [6, 6.07) is 3.61. The van der Waals surface area contributed by atoms with Crippen LogP contribution in [0.1, 0.15) is 0 Å². The van der Waals surface area contributed by atoms with Gasteiger partial charge in [0.1, 0.15) is 5.52 Å². The van der Waals surface area contributed by atoms with Crippen molar-refractivity contribution in [3.8, 4) is 0 Å². The fraction of sp³-hybridized carbons (Fsp3) is 0. The van der Waals surface area contributed by atoms with Crippen molar-refractivity contribution < 1.29 is 0 Å². The van der Waals surface area contributed by atoms with Crippen molar-refractivity contribution in [1.82, 2.24) is 15.2 Å². The van der Waals surface area contributed by atoms with Crippen LogP contribution in [0.4, 0.5) is 11.6 Å². The molecule has 2 rings (SSSR count). The minimum atomic E-state index is 0.416. The molecular formula is C7H9N7. The molecule has 0 aliphatic rings. The van der Waals surface area contributed by atoms with E-state index in [2.05, 4.69) is 26.0 Å². The highest BCUT2D eigenvalue weighted by Gasteiger charge is 2.07. The summed E-state index contributed by atoms with van der Waals surface area (Å²) in [6.07, 6.45) is 1.64. The summed E-state index contributed by atoms with van der Waals surface area (Å²) in [4.78, 5) is 4.12. The second-order valence-electron chi connectivity index (χ2n) is 2.59. The number of rotatable bonds is 2. The van der Waals surface area contributed by atoms with Crippen LogP contribution < -0.4 is 22.5 Å². The van der Waals surface area contributed by atoms with Crippen molar-refractivity contribution in [1.29, 1.82) is 0 Å². The van der Waals surface area contributed by atoms with Crippen LogP contribution in [-0.2, 0) is 0 Å². The van der Waals surface area contributed by atoms with Crippen molar-refractivity contribution in [2.24, 2.45) is 11.7 Å². The highest BCUT2D eigenvalue weighted by Crippen LogP contribution is 2.21. The van der Waals surface area contributed by atoms with E-state index in [9.17, 15) is 0 Å². The Hall–Kier alpha value is -1.99. The van der Waals surface area contributed by atoms with E-state index >= 15 is 0 Å². The molecule has 2 heterocycles. The van der Waals surface area contributed by atoms with Crippen molar-refractivity contribution >= 4 is 22.5 Å². The van der Waals surface area contributed by atoms with Crippen LogP contribution >= 0.6 is 0 Å². The summed E-state index contributed by atoms with van der Waals surface area (Å²) in [5.41, 5.74) is 5.48. The summed E-state index contributed by atoms with van der Waals surface area (Å²) < 4.78 is 0. The van der Waals surface area contributed by atoms with Crippen molar-refractivity contribution in [3.63, 3.8) is 0 Å². The zero-order chi connectivity index (χ0) is 9.97. The minimum Gasteiger partial charge on any atom is -0.306 e. The number of pyridine rings is 1. The van der Waals surface area contributed by atoms with Gasteiger partial charge in [-0.1, -0.05) is 0 Å². The van der Waals surface area contributed by atoms with E-state index < -0.39 is 0 Å². The quantitative estimate of drug-likeness (QED) is 0.377. The average Bonchev–Trinajstić information content (AvgIpc) is 2.27. The summed E-state index contributed by atoms with van der Waals surface area (Å²) in [5, 5.41) is 8.39. The molecule has 7 heteroatoms. The lowest BCUT2D eigenvalue weighted by molar-refractivity contribution is 1.02. The molecule has 2 aromatic heterocycles. The molecule has 0 spiro atoms. The van der Waals surface area contributed by atoms with E-state index in [-0.39, 0.29) is 0 Å². The first-order valence-electron chi connectivity index (χ1n) is 3.91. The van der Waals surface area contributed by atoms with E-state index in [0.29, 0.717) is 17.2 Å². The molecule has 0 amide bonds. The molecule has 72 valence electrons. The van der Waals surface area contributed by atoms with Crippen molar-refractivity contribution in [3.05, 3.63) is 18.3 Å². The molecule has 2 aromatic rings. The fourth-order valence-corrected chi connectivity index (χ4v) is 1.19. The maximum absolute atomic E-state index is 5.28. The third kappa shape index (κ3) is 1.20. The lowest BCUT2D eigenvalue weighted by Gasteiger charge is -2.05. The Morgan fingerprint density at radius 2 is 1.79 bits per heavy atom. The van der Waals surface area contributed by atoms with Gasteiger partial charge in [0.2, 0.25) is 0 Å². The average molecular weight is 191 g/mol. The van der Waals surface area contributed by atoms with Crippen LogP contribution in [0.15, 0.2) is 18.3 Å². The third-order valence-corrected chi connectivity index (χ3v) is 1.81. The number of hydrogen-bond acceptors (Lipinski definition) is 7. The maximum atomic E-state index is 5.28. The second-order valence-corrected chi connectivity index (χ2v) is 2.59. The molecule has 0 aliphatic carbocycles. The molecule has 0 fully saturated rings. The summed E-state index contributed by atoms with van der Waals surface area (Å²) in [7, 11) is 0. The van der Waals surface area contributed by atoms with E-state index in [1.807, 2.05) is 6.07 Å². The molecular weight excluding hydrogens is 182 g/mol. The molecule has 0 saturated carbocycles. The SMILES string of the molecule is NNc1nnc(NN)c2ncccc12. The summed E-state index contributed by atoms with van der Waals surface area (Å²) in [6.45, 7) is 0. The maximum Gasteiger partial charge on any atom is 0.189 e. The number of aromatic nitrogens is 3. The third-order valence-electron chi connectivity index (χ3n) is 1.81. The molecule has 0 atom stereocenters. The first-order chi connectivity index (χ1) is 6.86. The number of nitrogen functional groups attached to an aromatic ring is 2. The molecule has 0 aliphatic heterocycles. The van der Waals surface area contributed by atoms with Crippen LogP contribution in [0, 0.1) is 0 Å². The predicted octanol–water partition coefficient (Wildman–Crippen LogP) is -0.404. The molecule has 0 bridgehead atoms. The van der Waals surface area contributed by atoms with Gasteiger partial charge in [0, 0.05) is 11.6 Å². The van der Waals surface area contributed by atoms with Crippen LogP contribution in [0.3, 0.4) is 0 Å². The smallest absolute Gasteiger partial charge is 0.189 e. The zero-order valence-corrected chi connectivity index (χ0v) is 7.23. The Labute approximate surface area is 79.5 Å². The second kappa shape index (κ2) is 3.40. The summed E-state index contributed by atoms with van der Waals surface area (Å²) in [5.74, 6) is 11.4. The number of anilines is 2. The van der Waals surface area contributed by atoms with Gasteiger partial charge in [0.25, 0.3) is 0 Å². The number of nitrogens with two attached hydrogens (primary N) is 2. The van der Waals surface area contributed by atoms with Crippen LogP contribution in [0.5, 0.6) is 0 Å². The Morgan fingerprint density at radius 1 is 1.07 bits per heavy atom. The number of fused-ring (bicyclic) bond motifs is 1. The monoisotopic (exact) mass is 191 g/mol. The van der Waals surface area contributed by atoms with E-state index in [4.69, 9.17) is 11.7 Å². The van der Waals surface area contributed by atoms with E-state index in [0.717, 1.165) is 5.39 Å². The van der Waals surface area contributed by atoms with Gasteiger partial charge in [-0.05, 0) is 12.1 Å². The largest absolute Gasteiger partial charge is 0.306 e. The number of nitrogens with one attached hydrogen (secondary N) is 2. The predicted molar refractivity (Wildman–Crippen MR) is 53.0 cm³/mol. The Morgan fingerprint density at radius 3 is 2.50 bits per heavy atom. The first kappa shape index (κ1) is 8.60. The van der Waals surface area contributed by atoms with Crippen LogP contribution in [0.2, 0.25) is 0 Å². The van der Waals surface area contributed by atoms with Gasteiger partial charge < -0.3 is 10.9 Å². The van der Waals surface area contributed by atoms with Crippen molar-refractivity contribution in [2.75, 3.05) is 10.9 Å². The van der Waals surface area contributed by atoms with Gasteiger partial charge in [-0.3, -0.25) is 4.98 Å². The minimum absolute atomic E-state index is 0.416. The fourth-order valence-electron chi connectivity index (χ4n) is 1.19. The molecule has 7 nitrogen and oxygen atoms in total. The number of hydrazine groups is 2. The zero-order valence-electron chi connectivity index (χ0n) is 7.23. The van der Waals surface area contributed by atoms with Gasteiger partial charge in [-0.25, -0.2) is 11.7 Å². The highest BCUT2D eigenvalue weighted by molar-refractivity contribution is 5.94. The van der Waals surface area contributed by atoms with Gasteiger partial charge in [0.15, 0.2) is 11.6 Å². The topological polar surface area (TPSA) is 115 Å². The van der Waals surface area contributed by atoms with Gasteiger partial charge >= 0.3 is 0 Å². The number of nitrogens with zero attached hydrogens (tertiary/aromatic N) is 3. The molecule has 0 unspecified atom stereocenters. The van der Waals surface area contributed by atoms with Crippen LogP contribution in [0.25, 0.3) is 10.9 Å². The molecule has 14 heavy (non-hydrogen) atoms. The van der Waals surface area contributed by atoms with E-state index in [1.165, 1.54) is 0 Å². The van der Waals surface area contributed by atoms with Crippen molar-refractivity contribution in [2.45, 2.75) is 0 Å². The normalized spacial score (nSPS) is 10.1. The number of hydrogen-bond donors (Lipinski definition) is 4. The van der Waals surface area contributed by atoms with E-state index in [1.54, 1.807) is 12.3 Å². The first-order valence-corrected chi connectivity index (χ1v) is 3.91. The standard InChI is InChI=1S/C7H9N7/c8-11-6-4-2-1-3-10-5(4)7(12-9)14-13-6/h1-3H,8-9H2,(H,11,13)(H,12,14). The van der Waals surface area contributed by atoms with Gasteiger partial charge in [0.05, 0.1) is 0 Å². The summed E-state index contributed by atoms with van der Waals surface area (Å²) >= 11 is 0. The highest BCUT2D eigenvalue weighted by atomic mass is 15.3. The van der Waals surface area contributed by atoms with Gasteiger partial charge in [-0.2, -0.15) is 0 Å².